The summed E-state index contributed by atoms with van der Waals surface area (Å²) in [6.07, 6.45) is 0.256. The first-order chi connectivity index (χ1) is 18.3. The van der Waals surface area contributed by atoms with Crippen LogP contribution in [0.2, 0.25) is 10.0 Å². The van der Waals surface area contributed by atoms with Crippen LogP contribution in [0.1, 0.15) is 24.8 Å². The fourth-order valence-corrected chi connectivity index (χ4v) is 5.60. The van der Waals surface area contributed by atoms with Gasteiger partial charge in [-0.1, -0.05) is 41.4 Å². The van der Waals surface area contributed by atoms with Crippen molar-refractivity contribution in [1.82, 2.24) is 10.2 Å². The topological polar surface area (TPSA) is 108 Å². The van der Waals surface area contributed by atoms with Crippen molar-refractivity contribution >= 4 is 57.6 Å². The van der Waals surface area contributed by atoms with E-state index < -0.39 is 30.3 Å². The molecule has 2 aromatic carbocycles. The Kier molecular flexibility index (Phi) is 10.3. The van der Waals surface area contributed by atoms with E-state index in [0.717, 1.165) is 9.99 Å². The van der Waals surface area contributed by atoms with E-state index in [1.54, 1.807) is 30.3 Å². The van der Waals surface area contributed by atoms with E-state index in [0.29, 0.717) is 40.0 Å². The molecular formula is C27H29Cl2IN2O6. The summed E-state index contributed by atoms with van der Waals surface area (Å²) in [6.45, 7) is 0.417. The molecule has 1 aliphatic carbocycles. The molecule has 4 atom stereocenters. The number of halogens is 3. The third-order valence-electron chi connectivity index (χ3n) is 6.56. The van der Waals surface area contributed by atoms with Gasteiger partial charge in [0.1, 0.15) is 24.1 Å². The lowest BCUT2D eigenvalue weighted by Crippen LogP contribution is -2.56. The van der Waals surface area contributed by atoms with Crippen molar-refractivity contribution in [3.8, 4) is 5.75 Å². The molecule has 38 heavy (non-hydrogen) atoms. The molecular weight excluding hydrogens is 646 g/mol. The van der Waals surface area contributed by atoms with Crippen molar-refractivity contribution in [3.63, 3.8) is 0 Å². The van der Waals surface area contributed by atoms with E-state index in [2.05, 4.69) is 27.9 Å². The molecule has 4 rings (SSSR count). The molecule has 4 unspecified atom stereocenters. The molecule has 0 bridgehead atoms. The van der Waals surface area contributed by atoms with Crippen molar-refractivity contribution in [2.45, 2.75) is 50.2 Å². The maximum atomic E-state index is 13.8. The van der Waals surface area contributed by atoms with Gasteiger partial charge in [-0.3, -0.25) is 9.59 Å². The number of rotatable bonds is 9. The number of aliphatic hydroxyl groups excluding tert-OH is 2. The van der Waals surface area contributed by atoms with Crippen molar-refractivity contribution < 1.29 is 29.3 Å². The summed E-state index contributed by atoms with van der Waals surface area (Å²) >= 11 is 14.7. The zero-order valence-electron chi connectivity index (χ0n) is 20.5. The van der Waals surface area contributed by atoms with Gasteiger partial charge in [0.15, 0.2) is 0 Å². The Bertz CT molecular complexity index is 1190. The number of carbonyl (C=O) groups is 2. The predicted molar refractivity (Wildman–Crippen MR) is 152 cm³/mol. The van der Waals surface area contributed by atoms with Crippen LogP contribution in [0.15, 0.2) is 54.1 Å². The average Bonchev–Trinajstić information content (AvgIpc) is 3.44. The molecule has 11 heteroatoms. The Balaban J connectivity index is 1.70. The minimum atomic E-state index is -1.16. The fraction of sp³-hybridized carbons (Fsp3) is 0.407. The van der Waals surface area contributed by atoms with E-state index >= 15 is 0 Å². The second-order valence-corrected chi connectivity index (χ2v) is 11.2. The largest absolute Gasteiger partial charge is 0.482 e. The summed E-state index contributed by atoms with van der Waals surface area (Å²) in [5, 5.41) is 24.3. The number of hydrogen-bond donors (Lipinski definition) is 3. The Hall–Kier alpha value is -1.89. The molecule has 0 aromatic heterocycles. The number of nitrogens with one attached hydrogen (secondary N) is 1. The van der Waals surface area contributed by atoms with Gasteiger partial charge in [-0.2, -0.15) is 0 Å². The summed E-state index contributed by atoms with van der Waals surface area (Å²) in [5.41, 5.74) is 0.988. The first kappa shape index (κ1) is 29.1. The normalized spacial score (nSPS) is 23.0. The molecule has 2 aromatic rings. The average molecular weight is 675 g/mol. The number of amides is 2. The van der Waals surface area contributed by atoms with Gasteiger partial charge in [0.05, 0.1) is 16.2 Å². The highest BCUT2D eigenvalue weighted by molar-refractivity contribution is 14.1. The molecule has 1 saturated heterocycles. The summed E-state index contributed by atoms with van der Waals surface area (Å²) < 4.78 is 12.7. The molecule has 3 N–H and O–H groups in total. The minimum Gasteiger partial charge on any atom is -0.482 e. The van der Waals surface area contributed by atoms with Crippen LogP contribution in [0.4, 0.5) is 0 Å². The first-order valence-corrected chi connectivity index (χ1v) is 14.2. The highest BCUT2D eigenvalue weighted by Gasteiger charge is 2.42. The van der Waals surface area contributed by atoms with E-state index in [-0.39, 0.29) is 32.0 Å². The fourth-order valence-electron chi connectivity index (χ4n) is 4.62. The van der Waals surface area contributed by atoms with Crippen molar-refractivity contribution in [2.75, 3.05) is 19.8 Å². The Morgan fingerprint density at radius 1 is 1.21 bits per heavy atom. The lowest BCUT2D eigenvalue weighted by Gasteiger charge is -2.41. The van der Waals surface area contributed by atoms with E-state index in [1.807, 2.05) is 18.2 Å². The molecule has 1 heterocycles. The van der Waals surface area contributed by atoms with Crippen molar-refractivity contribution in [3.05, 3.63) is 73.3 Å². The molecule has 8 nitrogen and oxygen atoms in total. The third-order valence-corrected chi connectivity index (χ3v) is 8.04. The maximum absolute atomic E-state index is 13.8. The standard InChI is InChI=1S/C27H29Cl2IN2O6/c28-18-8-7-16(19(29)14-18)15-32(27(36)23-6-3-11-37-23)21-12-17(26(35)31-9-10-33)13-24(25(21)34)38-22-5-2-1-4-20(22)30/h1-2,4-5,7-8,13-14,21,23-25,33-34H,3,6,9-12,15H2,(H,31,35). The number of ether oxygens (including phenoxy) is 2. The second kappa shape index (κ2) is 13.5. The van der Waals surface area contributed by atoms with Crippen LogP contribution in [0, 0.1) is 3.57 Å². The molecule has 0 saturated carbocycles. The van der Waals surface area contributed by atoms with E-state index in [1.165, 1.54) is 4.90 Å². The summed E-state index contributed by atoms with van der Waals surface area (Å²) in [6, 6.07) is 11.5. The van der Waals surface area contributed by atoms with Gasteiger partial charge in [0.2, 0.25) is 5.91 Å². The SMILES string of the molecule is O=C(NCCO)C1=CC(Oc2ccccc2I)C(O)C(N(Cc2ccc(Cl)cc2Cl)C(=O)C2CCCO2)C1. The second-order valence-electron chi connectivity index (χ2n) is 9.15. The highest BCUT2D eigenvalue weighted by Crippen LogP contribution is 2.33. The molecule has 204 valence electrons. The first-order valence-electron chi connectivity index (χ1n) is 12.3. The van der Waals surface area contributed by atoms with E-state index in [9.17, 15) is 19.8 Å². The van der Waals surface area contributed by atoms with E-state index in [4.69, 9.17) is 32.7 Å². The molecule has 0 spiro atoms. The lowest BCUT2D eigenvalue weighted by molar-refractivity contribution is -0.149. The van der Waals surface area contributed by atoms with Gasteiger partial charge in [0, 0.05) is 41.7 Å². The monoisotopic (exact) mass is 674 g/mol. The molecule has 1 aliphatic heterocycles. The van der Waals surface area contributed by atoms with Gasteiger partial charge in [0.25, 0.3) is 5.91 Å². The number of benzene rings is 2. The molecule has 2 aliphatic rings. The molecule has 0 radical (unpaired) electrons. The van der Waals surface area contributed by atoms with Gasteiger partial charge >= 0.3 is 0 Å². The van der Waals surface area contributed by atoms with Crippen molar-refractivity contribution in [2.24, 2.45) is 0 Å². The number of aliphatic hydroxyl groups is 2. The van der Waals surface area contributed by atoms with Crippen LogP contribution in [0.3, 0.4) is 0 Å². The number of nitrogens with zero attached hydrogens (tertiary/aromatic N) is 1. The summed E-state index contributed by atoms with van der Waals surface area (Å²) in [4.78, 5) is 28.3. The van der Waals surface area contributed by atoms with Crippen LogP contribution >= 0.6 is 45.8 Å². The number of para-hydroxylation sites is 1. The minimum absolute atomic E-state index is 0.0739. The Morgan fingerprint density at radius 2 is 2.00 bits per heavy atom. The van der Waals surface area contributed by atoms with Crippen LogP contribution < -0.4 is 10.1 Å². The third kappa shape index (κ3) is 7.00. The smallest absolute Gasteiger partial charge is 0.252 e. The van der Waals surface area contributed by atoms with Gasteiger partial charge < -0.3 is 29.9 Å². The van der Waals surface area contributed by atoms with Crippen LogP contribution in [0.5, 0.6) is 5.75 Å². The lowest BCUT2D eigenvalue weighted by atomic mass is 9.87. The quantitative estimate of drug-likeness (QED) is 0.350. The zero-order valence-corrected chi connectivity index (χ0v) is 24.2. The van der Waals surface area contributed by atoms with Gasteiger partial charge in [-0.25, -0.2) is 0 Å². The van der Waals surface area contributed by atoms with Crippen LogP contribution in [0.25, 0.3) is 0 Å². The Labute approximate surface area is 245 Å². The summed E-state index contributed by atoms with van der Waals surface area (Å²) in [7, 11) is 0. The highest BCUT2D eigenvalue weighted by atomic mass is 127. The number of hydrogen-bond acceptors (Lipinski definition) is 6. The summed E-state index contributed by atoms with van der Waals surface area (Å²) in [5.74, 6) is -0.147. The molecule has 2 amide bonds. The van der Waals surface area contributed by atoms with Gasteiger partial charge in [-0.05, 0) is 71.3 Å². The molecule has 1 fully saturated rings. The number of carbonyl (C=O) groups excluding carboxylic acids is 2. The van der Waals surface area contributed by atoms with Gasteiger partial charge in [-0.15, -0.1) is 0 Å². The van der Waals surface area contributed by atoms with Crippen LogP contribution in [-0.4, -0.2) is 71.0 Å². The maximum Gasteiger partial charge on any atom is 0.252 e. The predicted octanol–water partition coefficient (Wildman–Crippen LogP) is 3.72. The Morgan fingerprint density at radius 3 is 2.68 bits per heavy atom. The zero-order chi connectivity index (χ0) is 27.2. The van der Waals surface area contributed by atoms with Crippen molar-refractivity contribution in [1.29, 1.82) is 0 Å². The van der Waals surface area contributed by atoms with Crippen LogP contribution in [-0.2, 0) is 20.9 Å².